The number of rotatable bonds is 29. The van der Waals surface area contributed by atoms with E-state index in [1.54, 1.807) is 0 Å². The number of carbonyl (C=O) groups excluding carboxylic acids is 2. The Bertz CT molecular complexity index is 581. The van der Waals surface area contributed by atoms with E-state index in [-0.39, 0.29) is 11.9 Å². The molecule has 0 aliphatic rings. The molecule has 4 heteroatoms. The lowest BCUT2D eigenvalue weighted by atomic mass is 10.0. The molecule has 0 fully saturated rings. The highest BCUT2D eigenvalue weighted by atomic mass is 16.5. The molecule has 0 aliphatic heterocycles. The second-order valence-corrected chi connectivity index (χ2v) is 11.4. The van der Waals surface area contributed by atoms with Gasteiger partial charge in [-0.15, -0.1) is 0 Å². The lowest BCUT2D eigenvalue weighted by molar-refractivity contribution is -0.143. The van der Waals surface area contributed by atoms with Crippen LogP contribution in [0.5, 0.6) is 0 Å². The lowest BCUT2D eigenvalue weighted by Gasteiger charge is -2.03. The average Bonchev–Trinajstić information content (AvgIpc) is 2.97. The molecule has 4 nitrogen and oxygen atoms in total. The van der Waals surface area contributed by atoms with Crippen molar-refractivity contribution in [1.82, 2.24) is 0 Å². The molecule has 0 spiro atoms. The first-order valence-corrected chi connectivity index (χ1v) is 17.6. The number of hydrogen-bond acceptors (Lipinski definition) is 4. The van der Waals surface area contributed by atoms with E-state index in [2.05, 4.69) is 42.9 Å². The molecule has 242 valence electrons. The van der Waals surface area contributed by atoms with E-state index in [0.29, 0.717) is 19.4 Å². The van der Waals surface area contributed by atoms with E-state index in [1.807, 2.05) is 6.92 Å². The minimum absolute atomic E-state index is 0.0319. The molecule has 41 heavy (non-hydrogen) atoms. The molecule has 0 saturated heterocycles. The predicted molar refractivity (Wildman–Crippen MR) is 178 cm³/mol. The maximum Gasteiger partial charge on any atom is 0.305 e. The van der Waals surface area contributed by atoms with E-state index in [0.717, 1.165) is 25.7 Å². The highest BCUT2D eigenvalue weighted by molar-refractivity contribution is 5.69. The third kappa shape index (κ3) is 40.6. The van der Waals surface area contributed by atoms with Gasteiger partial charge in [0, 0.05) is 12.8 Å². The monoisotopic (exact) mass is 579 g/mol. The van der Waals surface area contributed by atoms with Gasteiger partial charge < -0.3 is 9.47 Å². The van der Waals surface area contributed by atoms with Crippen LogP contribution in [0.1, 0.15) is 188 Å². The summed E-state index contributed by atoms with van der Waals surface area (Å²) in [4.78, 5) is 22.0. The Hall–Kier alpha value is -1.58. The molecule has 0 aliphatic carbocycles. The molecule has 0 aromatic carbocycles. The zero-order chi connectivity index (χ0) is 30.5. The van der Waals surface area contributed by atoms with Crippen molar-refractivity contribution >= 4 is 11.9 Å². The van der Waals surface area contributed by atoms with Gasteiger partial charge in [-0.2, -0.15) is 0 Å². The molecule has 0 atom stereocenters. The van der Waals surface area contributed by atoms with Gasteiger partial charge in [0.15, 0.2) is 0 Å². The normalized spacial score (nSPS) is 11.1. The van der Waals surface area contributed by atoms with Crippen LogP contribution in [-0.4, -0.2) is 25.7 Å². The molecule has 0 aromatic heterocycles. The van der Waals surface area contributed by atoms with Gasteiger partial charge in [-0.05, 0) is 51.9 Å². The van der Waals surface area contributed by atoms with Crippen molar-refractivity contribution < 1.29 is 19.1 Å². The Labute approximate surface area is 256 Å². The first-order valence-electron chi connectivity index (χ1n) is 17.6. The summed E-state index contributed by atoms with van der Waals surface area (Å²) in [7, 11) is 1.45. The van der Waals surface area contributed by atoms with E-state index in [1.165, 1.54) is 136 Å². The van der Waals surface area contributed by atoms with Crippen LogP contribution in [-0.2, 0) is 19.1 Å². The van der Waals surface area contributed by atoms with Crippen molar-refractivity contribution in [3.05, 3.63) is 24.3 Å². The average molecular weight is 579 g/mol. The van der Waals surface area contributed by atoms with Gasteiger partial charge in [-0.1, -0.05) is 147 Å². The molecule has 0 radical (unpaired) electrons. The second-order valence-electron chi connectivity index (χ2n) is 11.4. The van der Waals surface area contributed by atoms with Crippen LogP contribution >= 0.6 is 0 Å². The van der Waals surface area contributed by atoms with Crippen molar-refractivity contribution in [2.24, 2.45) is 0 Å². The molecule has 0 heterocycles. The standard InChI is InChI=1S/C19H34O2.C18H36O2/c1-3-4-5-6-7-8-9-10-11-12-13-14-15-16-17-18-19(20)21-2;1-3-5-6-7-8-9-10-11-12-13-14-15-16-17-18(19)20-4-2/h7-8,10-11H,3-6,9,12-18H2,1-2H3;3-17H2,1-2H3/b8-7-,11-10-;. The molecule has 0 rings (SSSR count). The minimum atomic E-state index is -0.0827. The van der Waals surface area contributed by atoms with Gasteiger partial charge in [0.2, 0.25) is 0 Å². The van der Waals surface area contributed by atoms with Crippen molar-refractivity contribution in [2.45, 2.75) is 188 Å². The van der Waals surface area contributed by atoms with Crippen LogP contribution in [0.2, 0.25) is 0 Å². The fourth-order valence-corrected chi connectivity index (χ4v) is 4.70. The highest BCUT2D eigenvalue weighted by Gasteiger charge is 2.01. The summed E-state index contributed by atoms with van der Waals surface area (Å²) in [6.07, 6.45) is 41.1. The van der Waals surface area contributed by atoms with Crippen LogP contribution in [0.15, 0.2) is 24.3 Å². The van der Waals surface area contributed by atoms with Gasteiger partial charge in [-0.3, -0.25) is 9.59 Å². The predicted octanol–water partition coefficient (Wildman–Crippen LogP) is 12.0. The first-order chi connectivity index (χ1) is 20.1. The molecule has 0 unspecified atom stereocenters. The summed E-state index contributed by atoms with van der Waals surface area (Å²) < 4.78 is 9.53. The molecular weight excluding hydrogens is 508 g/mol. The Kier molecular flexibility index (Phi) is 38.9. The Morgan fingerprint density at radius 1 is 0.463 bits per heavy atom. The number of unbranched alkanes of at least 4 members (excludes halogenated alkanes) is 20. The smallest absolute Gasteiger partial charge is 0.305 e. The molecule has 0 aromatic rings. The van der Waals surface area contributed by atoms with E-state index in [9.17, 15) is 9.59 Å². The summed E-state index contributed by atoms with van der Waals surface area (Å²) in [6, 6.07) is 0. The summed E-state index contributed by atoms with van der Waals surface area (Å²) in [5.41, 5.74) is 0. The molecule has 0 bridgehead atoms. The van der Waals surface area contributed by atoms with E-state index >= 15 is 0 Å². The Morgan fingerprint density at radius 2 is 0.829 bits per heavy atom. The van der Waals surface area contributed by atoms with Crippen molar-refractivity contribution in [2.75, 3.05) is 13.7 Å². The maximum atomic E-state index is 11.1. The van der Waals surface area contributed by atoms with Gasteiger partial charge >= 0.3 is 11.9 Å². The Balaban J connectivity index is 0. The van der Waals surface area contributed by atoms with Gasteiger partial charge in [0.05, 0.1) is 13.7 Å². The summed E-state index contributed by atoms with van der Waals surface area (Å²) >= 11 is 0. The van der Waals surface area contributed by atoms with Crippen LogP contribution < -0.4 is 0 Å². The molecule has 0 amide bonds. The van der Waals surface area contributed by atoms with Crippen molar-refractivity contribution in [3.8, 4) is 0 Å². The van der Waals surface area contributed by atoms with Gasteiger partial charge in [0.1, 0.15) is 0 Å². The number of esters is 2. The van der Waals surface area contributed by atoms with E-state index in [4.69, 9.17) is 4.74 Å². The SMILES string of the molecule is CCCCC/C=C\C/C=C\CCCCCCCC(=O)OC.CCCCCCCCCCCCCCCC(=O)OCC. The molecule has 0 N–H and O–H groups in total. The molecule has 0 saturated carbocycles. The molecular formula is C37H70O4. The highest BCUT2D eigenvalue weighted by Crippen LogP contribution is 2.13. The van der Waals surface area contributed by atoms with Crippen molar-refractivity contribution in [1.29, 1.82) is 0 Å². The number of allylic oxidation sites excluding steroid dienone is 4. The third-order valence-corrected chi connectivity index (χ3v) is 7.35. The topological polar surface area (TPSA) is 52.6 Å². The van der Waals surface area contributed by atoms with E-state index < -0.39 is 0 Å². The zero-order valence-corrected chi connectivity index (χ0v) is 28.0. The van der Waals surface area contributed by atoms with Crippen molar-refractivity contribution in [3.63, 3.8) is 0 Å². The largest absolute Gasteiger partial charge is 0.469 e. The van der Waals surface area contributed by atoms with Crippen LogP contribution in [0.3, 0.4) is 0 Å². The number of carbonyl (C=O) groups is 2. The lowest BCUT2D eigenvalue weighted by Crippen LogP contribution is -2.03. The summed E-state index contributed by atoms with van der Waals surface area (Å²) in [6.45, 7) is 6.89. The van der Waals surface area contributed by atoms with Gasteiger partial charge in [0.25, 0.3) is 0 Å². The fourth-order valence-electron chi connectivity index (χ4n) is 4.70. The maximum absolute atomic E-state index is 11.1. The summed E-state index contributed by atoms with van der Waals surface area (Å²) in [5, 5.41) is 0. The van der Waals surface area contributed by atoms with Crippen LogP contribution in [0.25, 0.3) is 0 Å². The third-order valence-electron chi connectivity index (χ3n) is 7.35. The second kappa shape index (κ2) is 38.4. The number of hydrogen-bond donors (Lipinski definition) is 0. The quantitative estimate of drug-likeness (QED) is 0.0503. The first kappa shape index (κ1) is 41.6. The minimum Gasteiger partial charge on any atom is -0.469 e. The number of ether oxygens (including phenoxy) is 2. The zero-order valence-electron chi connectivity index (χ0n) is 28.0. The Morgan fingerprint density at radius 3 is 1.27 bits per heavy atom. The summed E-state index contributed by atoms with van der Waals surface area (Å²) in [5.74, 6) is -0.115. The van der Waals surface area contributed by atoms with Crippen LogP contribution in [0.4, 0.5) is 0 Å². The van der Waals surface area contributed by atoms with Crippen LogP contribution in [0, 0.1) is 0 Å². The number of methoxy groups -OCH3 is 1. The van der Waals surface area contributed by atoms with Gasteiger partial charge in [-0.25, -0.2) is 0 Å². The fraction of sp³-hybridized carbons (Fsp3) is 0.838.